The number of rotatable bonds is 3. The van der Waals surface area contributed by atoms with Crippen LogP contribution in [-0.2, 0) is 16.1 Å². The average molecular weight is 368 g/mol. The van der Waals surface area contributed by atoms with Crippen molar-refractivity contribution >= 4 is 22.6 Å². The maximum absolute atomic E-state index is 12.8. The highest BCUT2D eigenvalue weighted by molar-refractivity contribution is 5.83. The predicted octanol–water partition coefficient (Wildman–Crippen LogP) is 1.08. The summed E-state index contributed by atoms with van der Waals surface area (Å²) < 4.78 is 1.27. The van der Waals surface area contributed by atoms with E-state index in [0.29, 0.717) is 30.2 Å². The summed E-state index contributed by atoms with van der Waals surface area (Å²) in [5.74, 6) is 0.768. The Kier molecular flexibility index (Phi) is 4.45. The molecular weight excluding hydrogens is 344 g/mol. The summed E-state index contributed by atoms with van der Waals surface area (Å²) in [5.41, 5.74) is 0.491. The van der Waals surface area contributed by atoms with E-state index in [4.69, 9.17) is 0 Å². The maximum atomic E-state index is 12.8. The minimum Gasteiger partial charge on any atom is -0.356 e. The summed E-state index contributed by atoms with van der Waals surface area (Å²) in [7, 11) is 1.79. The Hall–Kier alpha value is -2.70. The van der Waals surface area contributed by atoms with E-state index in [0.717, 1.165) is 23.9 Å². The second-order valence-corrected chi connectivity index (χ2v) is 7.75. The number of aromatic nitrogens is 2. The molecule has 2 aliphatic rings. The van der Waals surface area contributed by atoms with Crippen LogP contribution in [0.5, 0.6) is 0 Å². The van der Waals surface area contributed by atoms with Gasteiger partial charge in [-0.25, -0.2) is 4.68 Å². The first-order chi connectivity index (χ1) is 12.9. The fourth-order valence-corrected chi connectivity index (χ4v) is 4.51. The molecule has 142 valence electrons. The lowest BCUT2D eigenvalue weighted by molar-refractivity contribution is -0.132. The lowest BCUT2D eigenvalue weighted by atomic mass is 9.89. The van der Waals surface area contributed by atoms with E-state index in [-0.39, 0.29) is 30.0 Å². The molecule has 7 heteroatoms. The van der Waals surface area contributed by atoms with Crippen molar-refractivity contribution in [1.82, 2.24) is 20.0 Å². The molecule has 0 bridgehead atoms. The topological polar surface area (TPSA) is 84.3 Å². The molecule has 27 heavy (non-hydrogen) atoms. The SMILES string of the molecule is Cc1nn(CC(=O)N(C)[C@H]2C[C@H]3CC(=O)NC[C@H]3C2)c(=O)c2ccccc12. The fraction of sp³-hybridized carbons (Fsp3) is 0.500. The van der Waals surface area contributed by atoms with Crippen molar-refractivity contribution in [3.8, 4) is 0 Å². The maximum Gasteiger partial charge on any atom is 0.275 e. The minimum atomic E-state index is -0.243. The van der Waals surface area contributed by atoms with Gasteiger partial charge in [0.05, 0.1) is 11.1 Å². The molecule has 1 saturated carbocycles. The molecule has 2 amide bonds. The molecule has 1 aliphatic carbocycles. The van der Waals surface area contributed by atoms with Crippen LogP contribution in [0.15, 0.2) is 29.1 Å². The summed E-state index contributed by atoms with van der Waals surface area (Å²) in [6, 6.07) is 7.43. The smallest absolute Gasteiger partial charge is 0.275 e. The first kappa shape index (κ1) is 17.7. The zero-order chi connectivity index (χ0) is 19.1. The van der Waals surface area contributed by atoms with Crippen molar-refractivity contribution < 1.29 is 9.59 Å². The normalized spacial score (nSPS) is 24.5. The Labute approximate surface area is 157 Å². The molecule has 1 aromatic carbocycles. The molecule has 7 nitrogen and oxygen atoms in total. The van der Waals surface area contributed by atoms with Crippen molar-refractivity contribution in [2.45, 2.75) is 38.8 Å². The summed E-state index contributed by atoms with van der Waals surface area (Å²) in [6.45, 7) is 2.48. The summed E-state index contributed by atoms with van der Waals surface area (Å²) in [5, 5.41) is 8.65. The Bertz CT molecular complexity index is 967. The van der Waals surface area contributed by atoms with Gasteiger partial charge in [-0.2, -0.15) is 5.10 Å². The molecule has 1 aromatic heterocycles. The van der Waals surface area contributed by atoms with Gasteiger partial charge in [0.25, 0.3) is 5.56 Å². The van der Waals surface area contributed by atoms with Crippen molar-refractivity contribution in [2.24, 2.45) is 11.8 Å². The number of fused-ring (bicyclic) bond motifs is 2. The zero-order valence-corrected chi connectivity index (χ0v) is 15.6. The summed E-state index contributed by atoms with van der Waals surface area (Å²) in [4.78, 5) is 38.8. The Balaban J connectivity index is 1.51. The van der Waals surface area contributed by atoms with Crippen molar-refractivity contribution in [1.29, 1.82) is 0 Å². The molecule has 0 unspecified atom stereocenters. The number of likely N-dealkylation sites (N-methyl/N-ethyl adjacent to an activating group) is 1. The number of carbonyl (C=O) groups is 2. The van der Waals surface area contributed by atoms with Crippen LogP contribution in [-0.4, -0.2) is 46.1 Å². The van der Waals surface area contributed by atoms with Crippen molar-refractivity contribution in [2.75, 3.05) is 13.6 Å². The lowest BCUT2D eigenvalue weighted by Gasteiger charge is -2.25. The largest absolute Gasteiger partial charge is 0.356 e. The van der Waals surface area contributed by atoms with Crippen LogP contribution in [0.4, 0.5) is 0 Å². The van der Waals surface area contributed by atoms with E-state index >= 15 is 0 Å². The Morgan fingerprint density at radius 1 is 1.22 bits per heavy atom. The monoisotopic (exact) mass is 368 g/mol. The number of carbonyl (C=O) groups excluding carboxylic acids is 2. The molecule has 2 aromatic rings. The number of hydrogen-bond donors (Lipinski definition) is 1. The molecule has 2 heterocycles. The first-order valence-electron chi connectivity index (χ1n) is 9.43. The minimum absolute atomic E-state index is 0.0655. The summed E-state index contributed by atoms with van der Waals surface area (Å²) >= 11 is 0. The van der Waals surface area contributed by atoms with E-state index in [9.17, 15) is 14.4 Å². The van der Waals surface area contributed by atoms with Gasteiger partial charge >= 0.3 is 0 Å². The van der Waals surface area contributed by atoms with Gasteiger partial charge in [0.2, 0.25) is 11.8 Å². The second-order valence-electron chi connectivity index (χ2n) is 7.75. The van der Waals surface area contributed by atoms with Crippen LogP contribution in [0.1, 0.15) is 25.0 Å². The van der Waals surface area contributed by atoms with Gasteiger partial charge in [-0.15, -0.1) is 0 Å². The highest BCUT2D eigenvalue weighted by atomic mass is 16.2. The number of hydrogen-bond acceptors (Lipinski definition) is 4. The molecule has 1 saturated heterocycles. The number of piperidine rings is 1. The second kappa shape index (κ2) is 6.79. The van der Waals surface area contributed by atoms with E-state index in [1.807, 2.05) is 25.1 Å². The van der Waals surface area contributed by atoms with Gasteiger partial charge in [-0.1, -0.05) is 18.2 Å². The van der Waals surface area contributed by atoms with Gasteiger partial charge < -0.3 is 10.2 Å². The number of amides is 2. The third-order valence-electron chi connectivity index (χ3n) is 6.10. The van der Waals surface area contributed by atoms with Crippen LogP contribution in [0.25, 0.3) is 10.8 Å². The fourth-order valence-electron chi connectivity index (χ4n) is 4.51. The Morgan fingerprint density at radius 2 is 1.93 bits per heavy atom. The van der Waals surface area contributed by atoms with Crippen LogP contribution < -0.4 is 10.9 Å². The third kappa shape index (κ3) is 3.22. The number of nitrogens with one attached hydrogen (secondary N) is 1. The third-order valence-corrected chi connectivity index (χ3v) is 6.10. The van der Waals surface area contributed by atoms with Gasteiger partial charge in [0, 0.05) is 31.4 Å². The first-order valence-corrected chi connectivity index (χ1v) is 9.43. The molecule has 4 rings (SSSR count). The van der Waals surface area contributed by atoms with E-state index in [1.165, 1.54) is 4.68 Å². The quantitative estimate of drug-likeness (QED) is 0.879. The summed E-state index contributed by atoms with van der Waals surface area (Å²) in [6.07, 6.45) is 2.29. The van der Waals surface area contributed by atoms with Crippen LogP contribution in [0, 0.1) is 18.8 Å². The van der Waals surface area contributed by atoms with Gasteiger partial charge in [-0.3, -0.25) is 14.4 Å². The average Bonchev–Trinajstić information content (AvgIpc) is 3.08. The molecule has 0 radical (unpaired) electrons. The standard InChI is InChI=1S/C20H24N4O3/c1-12-16-5-3-4-6-17(16)20(27)24(22-12)11-19(26)23(2)15-7-13-9-18(25)21-10-14(13)8-15/h3-6,13-15H,7-11H2,1-2H3,(H,21,25)/t13-,14+,15-/m0/s1. The Morgan fingerprint density at radius 3 is 2.70 bits per heavy atom. The van der Waals surface area contributed by atoms with Crippen LogP contribution in [0.3, 0.4) is 0 Å². The molecule has 3 atom stereocenters. The molecular formula is C20H24N4O3. The zero-order valence-electron chi connectivity index (χ0n) is 15.6. The van der Waals surface area contributed by atoms with Gasteiger partial charge in [0.15, 0.2) is 0 Å². The van der Waals surface area contributed by atoms with E-state index in [2.05, 4.69) is 10.4 Å². The molecule has 1 aliphatic heterocycles. The number of aryl methyl sites for hydroxylation is 1. The van der Waals surface area contributed by atoms with E-state index in [1.54, 1.807) is 18.0 Å². The van der Waals surface area contributed by atoms with Gasteiger partial charge in [-0.05, 0) is 37.7 Å². The molecule has 2 fully saturated rings. The lowest BCUT2D eigenvalue weighted by Crippen LogP contribution is -2.40. The van der Waals surface area contributed by atoms with Gasteiger partial charge in [0.1, 0.15) is 6.54 Å². The van der Waals surface area contributed by atoms with Crippen LogP contribution in [0.2, 0.25) is 0 Å². The highest BCUT2D eigenvalue weighted by Gasteiger charge is 2.40. The molecule has 0 spiro atoms. The number of benzene rings is 1. The van der Waals surface area contributed by atoms with E-state index < -0.39 is 0 Å². The molecule has 1 N–H and O–H groups in total. The van der Waals surface area contributed by atoms with Crippen LogP contribution >= 0.6 is 0 Å². The van der Waals surface area contributed by atoms with Crippen molar-refractivity contribution in [3.05, 3.63) is 40.3 Å². The highest BCUT2D eigenvalue weighted by Crippen LogP contribution is 2.38. The van der Waals surface area contributed by atoms with Crippen molar-refractivity contribution in [3.63, 3.8) is 0 Å². The number of nitrogens with zero attached hydrogens (tertiary/aromatic N) is 3. The predicted molar refractivity (Wildman–Crippen MR) is 101 cm³/mol.